The normalized spacial score (nSPS) is 12.8. The summed E-state index contributed by atoms with van der Waals surface area (Å²) < 4.78 is 17.0. The third kappa shape index (κ3) is 2.47. The van der Waals surface area contributed by atoms with Crippen molar-refractivity contribution < 1.29 is 8.96 Å². The molecule has 4 aromatic carbocycles. The van der Waals surface area contributed by atoms with Crippen LogP contribution in [-0.2, 0) is 7.05 Å². The summed E-state index contributed by atoms with van der Waals surface area (Å²) in [4.78, 5) is 2.46. The molecule has 152 valence electrons. The molecular weight excluding hydrogens is 401 g/mol. The van der Waals surface area contributed by atoms with Crippen molar-refractivity contribution in [1.82, 2.24) is 0 Å². The van der Waals surface area contributed by atoms with Gasteiger partial charge in [-0.25, -0.2) is 8.96 Å². The second-order valence-electron chi connectivity index (χ2n) is 8.82. The number of rotatable bonds is 1. The quantitative estimate of drug-likeness (QED) is 0.193. The van der Waals surface area contributed by atoms with Crippen LogP contribution in [0.4, 0.5) is 4.39 Å². The lowest BCUT2D eigenvalue weighted by atomic mass is 9.87. The Labute approximate surface area is 185 Å². The maximum Gasteiger partial charge on any atom is 0.222 e. The summed E-state index contributed by atoms with van der Waals surface area (Å²) in [6, 6.07) is 18.3. The fourth-order valence-electron chi connectivity index (χ4n) is 5.31. The highest BCUT2D eigenvalue weighted by Gasteiger charge is 2.33. The summed E-state index contributed by atoms with van der Waals surface area (Å²) in [5, 5.41) is 6.67. The van der Waals surface area contributed by atoms with E-state index in [1.165, 1.54) is 43.4 Å². The number of aryl methyl sites for hydroxylation is 2. The van der Waals surface area contributed by atoms with E-state index in [4.69, 9.17) is 0 Å². The van der Waals surface area contributed by atoms with Crippen LogP contribution in [0.3, 0.4) is 0 Å². The van der Waals surface area contributed by atoms with E-state index in [-0.39, 0.29) is 5.82 Å². The van der Waals surface area contributed by atoms with E-state index in [2.05, 4.69) is 75.0 Å². The molecule has 0 amide bonds. The summed E-state index contributed by atoms with van der Waals surface area (Å²) in [7, 11) is 2.12. The van der Waals surface area contributed by atoms with Crippen LogP contribution in [0, 0.1) is 12.7 Å². The van der Waals surface area contributed by atoms with Crippen LogP contribution in [0.5, 0.6) is 0 Å². The molecule has 5 aromatic rings. The summed E-state index contributed by atoms with van der Waals surface area (Å²) in [6.07, 6.45) is 2.12. The van der Waals surface area contributed by atoms with E-state index < -0.39 is 0 Å². The van der Waals surface area contributed by atoms with Gasteiger partial charge in [0.2, 0.25) is 5.69 Å². The lowest BCUT2D eigenvalue weighted by molar-refractivity contribution is -0.659. The SMILES string of the molecule is Cc1c2c(c(C(C)C)c3ccccc13)Sc1cc3c(F)cccc3c3cc[n+](C)c-2c13. The first kappa shape index (κ1) is 18.8. The number of fused-ring (bicyclic) bond motifs is 5. The molecule has 0 fully saturated rings. The van der Waals surface area contributed by atoms with Crippen molar-refractivity contribution >= 4 is 44.1 Å². The molecule has 0 unspecified atom stereocenters. The van der Waals surface area contributed by atoms with Crippen LogP contribution in [0.25, 0.3) is 43.6 Å². The Bertz CT molecular complexity index is 1570. The summed E-state index contributed by atoms with van der Waals surface area (Å²) >= 11 is 1.81. The number of benzene rings is 4. The van der Waals surface area contributed by atoms with Crippen LogP contribution >= 0.6 is 11.8 Å². The fourth-order valence-corrected chi connectivity index (χ4v) is 6.82. The van der Waals surface area contributed by atoms with Crippen LogP contribution in [0.2, 0.25) is 0 Å². The van der Waals surface area contributed by atoms with Gasteiger partial charge in [0.25, 0.3) is 0 Å². The van der Waals surface area contributed by atoms with Gasteiger partial charge < -0.3 is 0 Å². The lowest BCUT2D eigenvalue weighted by Crippen LogP contribution is -2.32. The minimum atomic E-state index is -0.157. The third-order valence-electron chi connectivity index (χ3n) is 6.68. The van der Waals surface area contributed by atoms with Gasteiger partial charge in [0, 0.05) is 26.6 Å². The molecule has 31 heavy (non-hydrogen) atoms. The molecule has 1 nitrogen and oxygen atoms in total. The molecule has 0 radical (unpaired) electrons. The Kier molecular flexibility index (Phi) is 3.97. The zero-order valence-corrected chi connectivity index (χ0v) is 18.9. The molecule has 1 aliphatic heterocycles. The van der Waals surface area contributed by atoms with E-state index in [1.807, 2.05) is 23.9 Å². The number of hydrogen-bond acceptors (Lipinski definition) is 1. The van der Waals surface area contributed by atoms with Crippen molar-refractivity contribution in [2.45, 2.75) is 36.5 Å². The van der Waals surface area contributed by atoms with Crippen molar-refractivity contribution in [1.29, 1.82) is 0 Å². The van der Waals surface area contributed by atoms with Crippen LogP contribution < -0.4 is 4.57 Å². The third-order valence-corrected chi connectivity index (χ3v) is 7.85. The molecule has 0 bridgehead atoms. The van der Waals surface area contributed by atoms with Gasteiger partial charge in [0.15, 0.2) is 6.20 Å². The van der Waals surface area contributed by atoms with E-state index in [0.717, 1.165) is 15.7 Å². The Morgan fingerprint density at radius 2 is 1.61 bits per heavy atom. The predicted molar refractivity (Wildman–Crippen MR) is 128 cm³/mol. The molecule has 0 spiro atoms. The highest BCUT2D eigenvalue weighted by atomic mass is 32.2. The smallest absolute Gasteiger partial charge is 0.206 e. The average Bonchev–Trinajstić information content (AvgIpc) is 2.75. The van der Waals surface area contributed by atoms with Gasteiger partial charge in [-0.15, -0.1) is 0 Å². The molecule has 0 aliphatic carbocycles. The van der Waals surface area contributed by atoms with Gasteiger partial charge in [-0.1, -0.05) is 62.0 Å². The average molecular weight is 425 g/mol. The maximum atomic E-state index is 14.8. The van der Waals surface area contributed by atoms with Crippen LogP contribution in [0.1, 0.15) is 30.9 Å². The Morgan fingerprint density at radius 3 is 2.39 bits per heavy atom. The minimum absolute atomic E-state index is 0.157. The first-order valence-corrected chi connectivity index (χ1v) is 11.6. The second-order valence-corrected chi connectivity index (χ2v) is 9.87. The Morgan fingerprint density at radius 1 is 0.871 bits per heavy atom. The minimum Gasteiger partial charge on any atom is -0.206 e. The van der Waals surface area contributed by atoms with E-state index in [0.29, 0.717) is 11.3 Å². The zero-order valence-electron chi connectivity index (χ0n) is 18.1. The van der Waals surface area contributed by atoms with Gasteiger partial charge in [0.05, 0.1) is 10.9 Å². The Hall–Kier alpha value is -2.91. The predicted octanol–water partition coefficient (Wildman–Crippen LogP) is 7.67. The first-order chi connectivity index (χ1) is 15.0. The van der Waals surface area contributed by atoms with Crippen molar-refractivity contribution in [2.75, 3.05) is 0 Å². The van der Waals surface area contributed by atoms with Gasteiger partial charge in [-0.2, -0.15) is 0 Å². The van der Waals surface area contributed by atoms with Gasteiger partial charge in [-0.05, 0) is 52.3 Å². The molecular formula is C28H23FNS+. The molecule has 0 atom stereocenters. The lowest BCUT2D eigenvalue weighted by Gasteiger charge is -2.26. The highest BCUT2D eigenvalue weighted by Crippen LogP contribution is 2.53. The zero-order chi connectivity index (χ0) is 21.4. The number of pyridine rings is 1. The van der Waals surface area contributed by atoms with E-state index in [9.17, 15) is 4.39 Å². The maximum absolute atomic E-state index is 14.8. The largest absolute Gasteiger partial charge is 0.222 e. The number of aromatic nitrogens is 1. The van der Waals surface area contributed by atoms with Crippen LogP contribution in [-0.4, -0.2) is 0 Å². The van der Waals surface area contributed by atoms with Gasteiger partial charge in [0.1, 0.15) is 12.9 Å². The van der Waals surface area contributed by atoms with Crippen LogP contribution in [0.15, 0.2) is 70.6 Å². The summed E-state index contributed by atoms with van der Waals surface area (Å²) in [5.74, 6) is 0.227. The molecule has 2 heterocycles. The molecule has 0 saturated carbocycles. The molecule has 1 aliphatic rings. The topological polar surface area (TPSA) is 3.88 Å². The van der Waals surface area contributed by atoms with Crippen molar-refractivity contribution in [3.8, 4) is 11.3 Å². The number of hydrogen-bond donors (Lipinski definition) is 0. The van der Waals surface area contributed by atoms with E-state index >= 15 is 0 Å². The first-order valence-electron chi connectivity index (χ1n) is 10.7. The molecule has 1 aromatic heterocycles. The van der Waals surface area contributed by atoms with E-state index in [1.54, 1.807) is 6.07 Å². The summed E-state index contributed by atoms with van der Waals surface area (Å²) in [6.45, 7) is 6.79. The molecule has 0 N–H and O–H groups in total. The number of nitrogens with zero attached hydrogens (tertiary/aromatic N) is 1. The molecule has 3 heteroatoms. The highest BCUT2D eigenvalue weighted by molar-refractivity contribution is 8.00. The molecule has 6 rings (SSSR count). The van der Waals surface area contributed by atoms with Gasteiger partial charge >= 0.3 is 0 Å². The van der Waals surface area contributed by atoms with Crippen molar-refractivity contribution in [3.05, 3.63) is 77.7 Å². The van der Waals surface area contributed by atoms with Gasteiger partial charge in [-0.3, -0.25) is 0 Å². The van der Waals surface area contributed by atoms with Crippen molar-refractivity contribution in [2.24, 2.45) is 7.05 Å². The summed E-state index contributed by atoms with van der Waals surface area (Å²) in [5.41, 5.74) is 5.26. The Balaban J connectivity index is 1.88. The fraction of sp³-hybridized carbons (Fsp3) is 0.179. The standard InChI is InChI=1S/C28H23FNS/c1-15(2)24-19-9-6-5-8-17(19)16(3)25-27-26-20(12-13-30(27)4)18-10-7-11-22(29)21(18)14-23(26)31-28(24)25/h5-15H,1-4H3/q+1. The second kappa shape index (κ2) is 6.54. The van der Waals surface area contributed by atoms with Crippen molar-refractivity contribution in [3.63, 3.8) is 0 Å². The molecule has 0 saturated heterocycles. The monoisotopic (exact) mass is 424 g/mol. The number of halogens is 1.